The second-order valence-corrected chi connectivity index (χ2v) is 6.58. The van der Waals surface area contributed by atoms with Crippen molar-refractivity contribution < 1.29 is 4.79 Å². The highest BCUT2D eigenvalue weighted by Crippen LogP contribution is 2.19. The predicted octanol–water partition coefficient (Wildman–Crippen LogP) is 5.22. The molecule has 0 aliphatic carbocycles. The van der Waals surface area contributed by atoms with Crippen LogP contribution >= 0.6 is 11.6 Å². The molecule has 1 aromatic heterocycles. The molecule has 0 saturated carbocycles. The zero-order valence-corrected chi connectivity index (χ0v) is 15.5. The summed E-state index contributed by atoms with van der Waals surface area (Å²) in [5.74, 6) is -0.179. The minimum atomic E-state index is -0.179. The van der Waals surface area contributed by atoms with Gasteiger partial charge in [0.25, 0.3) is 5.91 Å². The monoisotopic (exact) mass is 365 g/mol. The third-order valence-corrected chi connectivity index (χ3v) is 4.52. The molecule has 0 unspecified atom stereocenters. The standard InChI is InChI=1S/C21H20ClN3O/c1-14-4-3-5-20(15(14)2)25-21(26)17-10-19(13-23-12-17)24-11-16-6-8-18(22)9-7-16/h3-10,12-13,24H,11H2,1-2H3,(H,25,26). The average Bonchev–Trinajstić information content (AvgIpc) is 2.65. The van der Waals surface area contributed by atoms with Gasteiger partial charge in [0.05, 0.1) is 11.3 Å². The number of benzene rings is 2. The molecule has 1 amide bonds. The molecule has 2 aromatic carbocycles. The molecule has 0 radical (unpaired) electrons. The number of amides is 1. The molecule has 3 aromatic rings. The number of nitrogens with one attached hydrogen (secondary N) is 2. The van der Waals surface area contributed by atoms with Gasteiger partial charge in [0.2, 0.25) is 0 Å². The van der Waals surface area contributed by atoms with Crippen LogP contribution in [0.2, 0.25) is 5.02 Å². The fraction of sp³-hybridized carbons (Fsp3) is 0.143. The first kappa shape index (κ1) is 18.0. The average molecular weight is 366 g/mol. The van der Waals surface area contributed by atoms with Gasteiger partial charge in [-0.1, -0.05) is 35.9 Å². The molecule has 26 heavy (non-hydrogen) atoms. The molecular weight excluding hydrogens is 346 g/mol. The normalized spacial score (nSPS) is 10.4. The zero-order valence-electron chi connectivity index (χ0n) is 14.7. The lowest BCUT2D eigenvalue weighted by Crippen LogP contribution is -2.14. The minimum absolute atomic E-state index is 0.179. The molecule has 4 nitrogen and oxygen atoms in total. The number of carbonyl (C=O) groups excluding carboxylic acids is 1. The van der Waals surface area contributed by atoms with E-state index in [-0.39, 0.29) is 5.91 Å². The van der Waals surface area contributed by atoms with E-state index < -0.39 is 0 Å². The number of nitrogens with zero attached hydrogens (tertiary/aromatic N) is 1. The number of hydrogen-bond acceptors (Lipinski definition) is 3. The lowest BCUT2D eigenvalue weighted by molar-refractivity contribution is 0.102. The van der Waals surface area contributed by atoms with E-state index in [0.717, 1.165) is 28.1 Å². The summed E-state index contributed by atoms with van der Waals surface area (Å²) in [6.45, 7) is 4.64. The van der Waals surface area contributed by atoms with Crippen LogP contribution in [0.4, 0.5) is 11.4 Å². The number of pyridine rings is 1. The molecule has 5 heteroatoms. The van der Waals surface area contributed by atoms with Crippen LogP contribution in [0.15, 0.2) is 60.9 Å². The van der Waals surface area contributed by atoms with Crippen LogP contribution in [-0.4, -0.2) is 10.9 Å². The molecule has 0 bridgehead atoms. The van der Waals surface area contributed by atoms with Crippen LogP contribution in [0.1, 0.15) is 27.0 Å². The fourth-order valence-electron chi connectivity index (χ4n) is 2.55. The highest BCUT2D eigenvalue weighted by Gasteiger charge is 2.10. The molecule has 0 aliphatic heterocycles. The van der Waals surface area contributed by atoms with Gasteiger partial charge >= 0.3 is 0 Å². The third-order valence-electron chi connectivity index (χ3n) is 4.26. The van der Waals surface area contributed by atoms with E-state index in [9.17, 15) is 4.79 Å². The smallest absolute Gasteiger partial charge is 0.257 e. The first-order chi connectivity index (χ1) is 12.5. The van der Waals surface area contributed by atoms with Gasteiger partial charge in [-0.15, -0.1) is 0 Å². The Hall–Kier alpha value is -2.85. The van der Waals surface area contributed by atoms with Crippen LogP contribution < -0.4 is 10.6 Å². The summed E-state index contributed by atoms with van der Waals surface area (Å²) in [4.78, 5) is 16.7. The molecule has 0 fully saturated rings. The summed E-state index contributed by atoms with van der Waals surface area (Å²) in [5, 5.41) is 6.94. The van der Waals surface area contributed by atoms with Crippen molar-refractivity contribution in [2.45, 2.75) is 20.4 Å². The van der Waals surface area contributed by atoms with Crippen LogP contribution in [-0.2, 0) is 6.54 Å². The number of halogens is 1. The first-order valence-corrected chi connectivity index (χ1v) is 8.71. The van der Waals surface area contributed by atoms with Crippen LogP contribution in [0.25, 0.3) is 0 Å². The molecule has 0 spiro atoms. The Morgan fingerprint density at radius 1 is 1.08 bits per heavy atom. The first-order valence-electron chi connectivity index (χ1n) is 8.34. The van der Waals surface area contributed by atoms with Gasteiger partial charge in [0.15, 0.2) is 0 Å². The summed E-state index contributed by atoms with van der Waals surface area (Å²) in [5.41, 5.74) is 5.40. The van der Waals surface area contributed by atoms with Crippen LogP contribution in [0, 0.1) is 13.8 Å². The maximum absolute atomic E-state index is 12.5. The highest BCUT2D eigenvalue weighted by atomic mass is 35.5. The SMILES string of the molecule is Cc1cccc(NC(=O)c2cncc(NCc3ccc(Cl)cc3)c2)c1C. The van der Waals surface area contributed by atoms with Gasteiger partial charge < -0.3 is 10.6 Å². The van der Waals surface area contributed by atoms with Crippen molar-refractivity contribution in [3.8, 4) is 0 Å². The van der Waals surface area contributed by atoms with Gasteiger partial charge in [-0.2, -0.15) is 0 Å². The van der Waals surface area contributed by atoms with E-state index in [1.54, 1.807) is 18.5 Å². The van der Waals surface area contributed by atoms with Gasteiger partial charge in [-0.25, -0.2) is 0 Å². The van der Waals surface area contributed by atoms with Gasteiger partial charge in [-0.05, 0) is 54.8 Å². The summed E-state index contributed by atoms with van der Waals surface area (Å²) in [6, 6.07) is 15.3. The van der Waals surface area contributed by atoms with E-state index in [2.05, 4.69) is 15.6 Å². The Labute approximate surface area is 158 Å². The minimum Gasteiger partial charge on any atom is -0.380 e. The number of aryl methyl sites for hydroxylation is 1. The van der Waals surface area contributed by atoms with E-state index in [1.807, 2.05) is 56.3 Å². The molecule has 1 heterocycles. The summed E-state index contributed by atoms with van der Waals surface area (Å²) in [6.07, 6.45) is 3.26. The Morgan fingerprint density at radius 2 is 1.85 bits per heavy atom. The van der Waals surface area contributed by atoms with Crippen molar-refractivity contribution >= 4 is 28.9 Å². The summed E-state index contributed by atoms with van der Waals surface area (Å²) < 4.78 is 0. The molecule has 0 saturated heterocycles. The molecule has 2 N–H and O–H groups in total. The Kier molecular flexibility index (Phi) is 5.54. The topological polar surface area (TPSA) is 54.0 Å². The van der Waals surface area contributed by atoms with Crippen molar-refractivity contribution in [1.82, 2.24) is 4.98 Å². The van der Waals surface area contributed by atoms with Crippen molar-refractivity contribution in [3.63, 3.8) is 0 Å². The predicted molar refractivity (Wildman–Crippen MR) is 107 cm³/mol. The van der Waals surface area contributed by atoms with Crippen molar-refractivity contribution in [2.24, 2.45) is 0 Å². The second kappa shape index (κ2) is 8.02. The lowest BCUT2D eigenvalue weighted by atomic mass is 10.1. The number of anilines is 2. The van der Waals surface area contributed by atoms with E-state index in [0.29, 0.717) is 17.1 Å². The third kappa shape index (κ3) is 4.41. The van der Waals surface area contributed by atoms with Gasteiger partial charge in [-0.3, -0.25) is 9.78 Å². The van der Waals surface area contributed by atoms with E-state index >= 15 is 0 Å². The van der Waals surface area contributed by atoms with Gasteiger partial charge in [0, 0.05) is 29.6 Å². The zero-order chi connectivity index (χ0) is 18.5. The Bertz CT molecular complexity index is 923. The highest BCUT2D eigenvalue weighted by molar-refractivity contribution is 6.30. The summed E-state index contributed by atoms with van der Waals surface area (Å²) in [7, 11) is 0. The van der Waals surface area contributed by atoms with Crippen LogP contribution in [0.3, 0.4) is 0 Å². The largest absolute Gasteiger partial charge is 0.380 e. The Balaban J connectivity index is 1.69. The number of aromatic nitrogens is 1. The molecule has 0 atom stereocenters. The van der Waals surface area contributed by atoms with E-state index in [1.165, 1.54) is 0 Å². The maximum Gasteiger partial charge on any atom is 0.257 e. The van der Waals surface area contributed by atoms with Crippen molar-refractivity contribution in [1.29, 1.82) is 0 Å². The fourth-order valence-corrected chi connectivity index (χ4v) is 2.67. The molecule has 3 rings (SSSR count). The quantitative estimate of drug-likeness (QED) is 0.652. The molecular formula is C21H20ClN3O. The lowest BCUT2D eigenvalue weighted by Gasteiger charge is -2.11. The number of carbonyl (C=O) groups is 1. The number of hydrogen-bond donors (Lipinski definition) is 2. The van der Waals surface area contributed by atoms with Crippen molar-refractivity contribution in [3.05, 3.63) is 88.2 Å². The van der Waals surface area contributed by atoms with E-state index in [4.69, 9.17) is 11.6 Å². The van der Waals surface area contributed by atoms with Gasteiger partial charge in [0.1, 0.15) is 0 Å². The maximum atomic E-state index is 12.5. The molecule has 132 valence electrons. The molecule has 0 aliphatic rings. The second-order valence-electron chi connectivity index (χ2n) is 6.14. The van der Waals surface area contributed by atoms with Crippen LogP contribution in [0.5, 0.6) is 0 Å². The summed E-state index contributed by atoms with van der Waals surface area (Å²) >= 11 is 5.90. The Morgan fingerprint density at radius 3 is 2.62 bits per heavy atom. The number of rotatable bonds is 5. The van der Waals surface area contributed by atoms with Crippen molar-refractivity contribution in [2.75, 3.05) is 10.6 Å².